The average molecular weight is 279 g/mol. The first-order chi connectivity index (χ1) is 9.13. The van der Waals surface area contributed by atoms with Gasteiger partial charge in [-0.15, -0.1) is 0 Å². The quantitative estimate of drug-likeness (QED) is 0.723. The molecule has 1 aromatic carbocycles. The van der Waals surface area contributed by atoms with E-state index in [2.05, 4.69) is 15.1 Å². The van der Waals surface area contributed by atoms with Crippen LogP contribution in [0.5, 0.6) is 11.6 Å². The Labute approximate surface area is 112 Å². The van der Waals surface area contributed by atoms with Crippen molar-refractivity contribution in [1.82, 2.24) is 19.6 Å². The molecule has 2 heterocycles. The second-order valence-corrected chi connectivity index (χ2v) is 4.29. The van der Waals surface area contributed by atoms with Crippen LogP contribution in [0, 0.1) is 12.7 Å². The highest BCUT2D eigenvalue weighted by atomic mass is 35.5. The molecular weight excluding hydrogens is 271 g/mol. The zero-order valence-corrected chi connectivity index (χ0v) is 10.6. The van der Waals surface area contributed by atoms with Crippen LogP contribution in [0.2, 0.25) is 5.02 Å². The predicted octanol–water partition coefficient (Wildman–Crippen LogP) is 3.02. The molecule has 0 bridgehead atoms. The summed E-state index contributed by atoms with van der Waals surface area (Å²) in [6.45, 7) is 1.81. The summed E-state index contributed by atoms with van der Waals surface area (Å²) < 4.78 is 20.1. The Morgan fingerprint density at radius 1 is 1.32 bits per heavy atom. The third kappa shape index (κ3) is 2.22. The summed E-state index contributed by atoms with van der Waals surface area (Å²) in [4.78, 5) is 8.18. The number of hydrogen-bond donors (Lipinski definition) is 0. The van der Waals surface area contributed by atoms with Crippen LogP contribution in [0.3, 0.4) is 0 Å². The van der Waals surface area contributed by atoms with Crippen molar-refractivity contribution < 1.29 is 9.13 Å². The van der Waals surface area contributed by atoms with Gasteiger partial charge < -0.3 is 4.74 Å². The van der Waals surface area contributed by atoms with Gasteiger partial charge in [0, 0.05) is 11.8 Å². The summed E-state index contributed by atoms with van der Waals surface area (Å²) in [5, 5.41) is 4.19. The Hall–Kier alpha value is -2.21. The van der Waals surface area contributed by atoms with E-state index in [1.165, 1.54) is 29.0 Å². The lowest BCUT2D eigenvalue weighted by Crippen LogP contribution is -1.99. The van der Waals surface area contributed by atoms with Crippen molar-refractivity contribution in [2.75, 3.05) is 0 Å². The molecule has 0 N–H and O–H groups in total. The first-order valence-corrected chi connectivity index (χ1v) is 5.81. The fourth-order valence-corrected chi connectivity index (χ4v) is 1.85. The summed E-state index contributed by atoms with van der Waals surface area (Å²) in [5.41, 5.74) is 0.730. The lowest BCUT2D eigenvalue weighted by Gasteiger charge is -2.08. The van der Waals surface area contributed by atoms with E-state index >= 15 is 0 Å². The van der Waals surface area contributed by atoms with Gasteiger partial charge in [0.1, 0.15) is 17.9 Å². The fraction of sp³-hybridized carbons (Fsp3) is 0.0833. The van der Waals surface area contributed by atoms with Crippen LogP contribution in [0.25, 0.3) is 5.78 Å². The van der Waals surface area contributed by atoms with Crippen LogP contribution >= 0.6 is 11.6 Å². The third-order valence-electron chi connectivity index (χ3n) is 2.46. The summed E-state index contributed by atoms with van der Waals surface area (Å²) in [6.07, 6.45) is 1.38. The number of halogens is 2. The second-order valence-electron chi connectivity index (χ2n) is 3.88. The minimum Gasteiger partial charge on any atom is -0.437 e. The van der Waals surface area contributed by atoms with E-state index in [9.17, 15) is 4.39 Å². The normalized spacial score (nSPS) is 10.9. The van der Waals surface area contributed by atoms with Gasteiger partial charge in [0.25, 0.3) is 5.78 Å². The van der Waals surface area contributed by atoms with Gasteiger partial charge in [0.2, 0.25) is 5.88 Å². The number of ether oxygens (including phenoxy) is 1. The van der Waals surface area contributed by atoms with E-state index in [0.29, 0.717) is 17.4 Å². The molecule has 0 aliphatic carbocycles. The van der Waals surface area contributed by atoms with E-state index in [1.54, 1.807) is 6.07 Å². The molecular formula is C12H8ClFN4O. The molecule has 3 aromatic rings. The lowest BCUT2D eigenvalue weighted by atomic mass is 10.3. The van der Waals surface area contributed by atoms with Crippen molar-refractivity contribution in [2.24, 2.45) is 0 Å². The van der Waals surface area contributed by atoms with Crippen LogP contribution in [-0.4, -0.2) is 19.6 Å². The molecule has 96 valence electrons. The molecule has 0 saturated carbocycles. The summed E-state index contributed by atoms with van der Waals surface area (Å²) in [5.74, 6) is 0.751. The molecule has 3 rings (SSSR count). The van der Waals surface area contributed by atoms with Gasteiger partial charge in [0.15, 0.2) is 0 Å². The number of fused-ring (bicyclic) bond motifs is 1. The van der Waals surface area contributed by atoms with Crippen LogP contribution in [0.4, 0.5) is 4.39 Å². The highest BCUT2D eigenvalue weighted by Gasteiger charge is 2.10. The number of aryl methyl sites for hydroxylation is 1. The van der Waals surface area contributed by atoms with Gasteiger partial charge in [-0.1, -0.05) is 11.6 Å². The molecule has 0 fully saturated rings. The zero-order valence-electron chi connectivity index (χ0n) is 9.84. The molecule has 2 aromatic heterocycles. The van der Waals surface area contributed by atoms with Gasteiger partial charge in [-0.3, -0.25) is 0 Å². The van der Waals surface area contributed by atoms with E-state index in [0.717, 1.165) is 5.69 Å². The monoisotopic (exact) mass is 278 g/mol. The summed E-state index contributed by atoms with van der Waals surface area (Å²) >= 11 is 5.92. The number of aromatic nitrogens is 4. The van der Waals surface area contributed by atoms with Crippen LogP contribution in [0.1, 0.15) is 5.69 Å². The number of rotatable bonds is 2. The summed E-state index contributed by atoms with van der Waals surface area (Å²) in [6, 6.07) is 5.61. The smallest absolute Gasteiger partial charge is 0.255 e. The number of nitrogens with zero attached hydrogens (tertiary/aromatic N) is 4. The maximum absolute atomic E-state index is 13.0. The molecule has 0 unspecified atom stereocenters. The molecule has 0 amide bonds. The summed E-state index contributed by atoms with van der Waals surface area (Å²) in [7, 11) is 0. The highest BCUT2D eigenvalue weighted by molar-refractivity contribution is 6.32. The van der Waals surface area contributed by atoms with Gasteiger partial charge in [-0.05, 0) is 25.1 Å². The van der Waals surface area contributed by atoms with Gasteiger partial charge in [-0.25, -0.2) is 9.37 Å². The standard InChI is InChI=1S/C12H8ClFN4O/c1-7-4-11(18-12(17-7)15-6-16-18)19-10-3-2-8(14)5-9(10)13/h2-6H,1H3. The van der Waals surface area contributed by atoms with Crippen molar-refractivity contribution in [2.45, 2.75) is 6.92 Å². The van der Waals surface area contributed by atoms with Crippen LogP contribution in [0.15, 0.2) is 30.6 Å². The zero-order chi connectivity index (χ0) is 13.4. The van der Waals surface area contributed by atoms with Crippen molar-refractivity contribution in [3.63, 3.8) is 0 Å². The molecule has 0 saturated heterocycles. The third-order valence-corrected chi connectivity index (χ3v) is 2.75. The molecule has 0 spiro atoms. The van der Waals surface area contributed by atoms with Crippen molar-refractivity contribution >= 4 is 17.4 Å². The number of benzene rings is 1. The Kier molecular flexibility index (Phi) is 2.79. The van der Waals surface area contributed by atoms with Gasteiger partial charge in [-0.2, -0.15) is 14.6 Å². The van der Waals surface area contributed by atoms with Crippen molar-refractivity contribution in [1.29, 1.82) is 0 Å². The largest absolute Gasteiger partial charge is 0.437 e. The first kappa shape index (κ1) is 11.9. The Morgan fingerprint density at radius 2 is 2.16 bits per heavy atom. The molecule has 0 aliphatic rings. The first-order valence-electron chi connectivity index (χ1n) is 5.44. The van der Waals surface area contributed by atoms with E-state index < -0.39 is 5.82 Å². The van der Waals surface area contributed by atoms with Gasteiger partial charge >= 0.3 is 0 Å². The van der Waals surface area contributed by atoms with E-state index in [4.69, 9.17) is 16.3 Å². The molecule has 7 heteroatoms. The van der Waals surface area contributed by atoms with Crippen molar-refractivity contribution in [3.8, 4) is 11.6 Å². The molecule has 19 heavy (non-hydrogen) atoms. The fourth-order valence-electron chi connectivity index (χ4n) is 1.64. The Morgan fingerprint density at radius 3 is 2.95 bits per heavy atom. The second kappa shape index (κ2) is 4.47. The maximum atomic E-state index is 13.0. The lowest BCUT2D eigenvalue weighted by molar-refractivity contribution is 0.444. The Balaban J connectivity index is 2.07. The maximum Gasteiger partial charge on any atom is 0.255 e. The predicted molar refractivity (Wildman–Crippen MR) is 67.0 cm³/mol. The minimum absolute atomic E-state index is 0.183. The highest BCUT2D eigenvalue weighted by Crippen LogP contribution is 2.29. The van der Waals surface area contributed by atoms with E-state index in [-0.39, 0.29) is 5.02 Å². The average Bonchev–Trinajstić information content (AvgIpc) is 2.80. The molecule has 0 aliphatic heterocycles. The van der Waals surface area contributed by atoms with Gasteiger partial charge in [0.05, 0.1) is 5.02 Å². The topological polar surface area (TPSA) is 52.3 Å². The van der Waals surface area contributed by atoms with Crippen LogP contribution in [-0.2, 0) is 0 Å². The van der Waals surface area contributed by atoms with Crippen LogP contribution < -0.4 is 4.74 Å². The molecule has 5 nitrogen and oxygen atoms in total. The minimum atomic E-state index is -0.422. The SMILES string of the molecule is Cc1cc(Oc2ccc(F)cc2Cl)n2ncnc2n1. The molecule has 0 atom stereocenters. The molecule has 0 radical (unpaired) electrons. The Bertz CT molecular complexity index is 759. The van der Waals surface area contributed by atoms with E-state index in [1.807, 2.05) is 6.92 Å². The van der Waals surface area contributed by atoms with Crippen molar-refractivity contribution in [3.05, 3.63) is 47.1 Å². The number of hydrogen-bond acceptors (Lipinski definition) is 4.